The molecule has 1 amide bonds. The normalized spacial score (nSPS) is 18.2. The lowest BCUT2D eigenvalue weighted by atomic mass is 10.1. The highest BCUT2D eigenvalue weighted by atomic mass is 32.1. The van der Waals surface area contributed by atoms with Gasteiger partial charge in [0.1, 0.15) is 6.17 Å². The SMILES string of the molecule is Cc1ccsc1[C@H]1NC(=O)c2ccccc2N1. The molecule has 0 unspecified atom stereocenters. The first kappa shape index (κ1) is 10.4. The molecule has 0 saturated carbocycles. The molecule has 2 aromatic rings. The summed E-state index contributed by atoms with van der Waals surface area (Å²) in [4.78, 5) is 13.1. The summed E-state index contributed by atoms with van der Waals surface area (Å²) in [6, 6.07) is 9.63. The second-order valence-corrected chi connectivity index (χ2v) is 5.01. The van der Waals surface area contributed by atoms with Crippen molar-refractivity contribution < 1.29 is 4.79 Å². The highest BCUT2D eigenvalue weighted by Crippen LogP contribution is 2.30. The Kier molecular flexibility index (Phi) is 2.37. The van der Waals surface area contributed by atoms with Gasteiger partial charge in [-0.15, -0.1) is 11.3 Å². The van der Waals surface area contributed by atoms with Crippen LogP contribution in [0, 0.1) is 6.92 Å². The standard InChI is InChI=1S/C13H12N2OS/c1-8-6-7-17-11(8)12-14-10-5-3-2-4-9(10)13(16)15-12/h2-7,12,14H,1H3,(H,15,16)/t12-/m1/s1. The molecule has 86 valence electrons. The smallest absolute Gasteiger partial charge is 0.255 e. The topological polar surface area (TPSA) is 41.1 Å². The van der Waals surface area contributed by atoms with Crippen LogP contribution in [-0.4, -0.2) is 5.91 Å². The summed E-state index contributed by atoms with van der Waals surface area (Å²) in [6.45, 7) is 2.06. The zero-order valence-electron chi connectivity index (χ0n) is 9.36. The molecular weight excluding hydrogens is 232 g/mol. The Bertz CT molecular complexity index is 576. The number of rotatable bonds is 1. The Morgan fingerprint density at radius 2 is 2.00 bits per heavy atom. The van der Waals surface area contributed by atoms with E-state index < -0.39 is 0 Å². The van der Waals surface area contributed by atoms with E-state index in [1.54, 1.807) is 11.3 Å². The molecule has 2 N–H and O–H groups in total. The van der Waals surface area contributed by atoms with E-state index >= 15 is 0 Å². The van der Waals surface area contributed by atoms with E-state index in [0.717, 1.165) is 10.6 Å². The van der Waals surface area contributed by atoms with Crippen molar-refractivity contribution in [3.05, 3.63) is 51.7 Å². The van der Waals surface area contributed by atoms with Crippen molar-refractivity contribution in [1.82, 2.24) is 5.32 Å². The van der Waals surface area contributed by atoms with Crippen LogP contribution in [0.3, 0.4) is 0 Å². The highest BCUT2D eigenvalue weighted by molar-refractivity contribution is 7.10. The summed E-state index contributed by atoms with van der Waals surface area (Å²) in [5.74, 6) is -0.0165. The first-order chi connectivity index (χ1) is 8.25. The molecule has 3 nitrogen and oxygen atoms in total. The van der Waals surface area contributed by atoms with Gasteiger partial charge in [-0.2, -0.15) is 0 Å². The van der Waals surface area contributed by atoms with Gasteiger partial charge >= 0.3 is 0 Å². The van der Waals surface area contributed by atoms with Crippen molar-refractivity contribution in [3.8, 4) is 0 Å². The molecule has 0 spiro atoms. The lowest BCUT2D eigenvalue weighted by molar-refractivity contribution is 0.0936. The summed E-state index contributed by atoms with van der Waals surface area (Å²) in [7, 11) is 0. The Labute approximate surface area is 103 Å². The van der Waals surface area contributed by atoms with Gasteiger partial charge in [0.05, 0.1) is 5.56 Å². The van der Waals surface area contributed by atoms with Crippen LogP contribution in [0.1, 0.15) is 27.0 Å². The van der Waals surface area contributed by atoms with Crippen LogP contribution < -0.4 is 10.6 Å². The first-order valence-electron chi connectivity index (χ1n) is 5.46. The first-order valence-corrected chi connectivity index (χ1v) is 6.34. The maximum absolute atomic E-state index is 12.0. The molecular formula is C13H12N2OS. The van der Waals surface area contributed by atoms with Gasteiger partial charge in [-0.3, -0.25) is 4.79 Å². The molecule has 1 aliphatic heterocycles. The quantitative estimate of drug-likeness (QED) is 0.809. The number of hydrogen-bond donors (Lipinski definition) is 2. The van der Waals surface area contributed by atoms with Crippen molar-refractivity contribution in [2.24, 2.45) is 0 Å². The number of aryl methyl sites for hydroxylation is 1. The minimum absolute atomic E-state index is 0.0165. The van der Waals surface area contributed by atoms with Crippen LogP contribution in [0.2, 0.25) is 0 Å². The summed E-state index contributed by atoms with van der Waals surface area (Å²) in [5.41, 5.74) is 2.80. The second kappa shape index (κ2) is 3.89. The third kappa shape index (κ3) is 1.70. The number of hydrogen-bond acceptors (Lipinski definition) is 3. The number of anilines is 1. The number of nitrogens with one attached hydrogen (secondary N) is 2. The van der Waals surface area contributed by atoms with Crippen molar-refractivity contribution in [2.75, 3.05) is 5.32 Å². The van der Waals surface area contributed by atoms with Crippen LogP contribution in [0.4, 0.5) is 5.69 Å². The van der Waals surface area contributed by atoms with Gasteiger partial charge < -0.3 is 10.6 Å². The number of thiophene rings is 1. The predicted octanol–water partition coefficient (Wildman–Crippen LogP) is 2.91. The van der Waals surface area contributed by atoms with E-state index in [9.17, 15) is 4.79 Å². The minimum Gasteiger partial charge on any atom is -0.360 e. The zero-order valence-corrected chi connectivity index (χ0v) is 10.2. The molecule has 0 saturated heterocycles. The third-order valence-corrected chi connectivity index (χ3v) is 3.99. The van der Waals surface area contributed by atoms with Gasteiger partial charge in [0.2, 0.25) is 0 Å². The molecule has 3 rings (SSSR count). The van der Waals surface area contributed by atoms with Crippen LogP contribution in [0.5, 0.6) is 0 Å². The molecule has 0 aliphatic carbocycles. The maximum atomic E-state index is 12.0. The summed E-state index contributed by atoms with van der Waals surface area (Å²) in [5, 5.41) is 8.37. The van der Waals surface area contributed by atoms with Gasteiger partial charge in [0.15, 0.2) is 0 Å². The van der Waals surface area contributed by atoms with Crippen LogP contribution in [0.25, 0.3) is 0 Å². The largest absolute Gasteiger partial charge is 0.360 e. The fraction of sp³-hybridized carbons (Fsp3) is 0.154. The van der Waals surface area contributed by atoms with Crippen LogP contribution in [0.15, 0.2) is 35.7 Å². The average molecular weight is 244 g/mol. The van der Waals surface area contributed by atoms with E-state index in [1.807, 2.05) is 29.6 Å². The summed E-state index contributed by atoms with van der Waals surface area (Å²) in [6.07, 6.45) is -0.114. The number of para-hydroxylation sites is 1. The monoisotopic (exact) mass is 244 g/mol. The minimum atomic E-state index is -0.114. The molecule has 4 heteroatoms. The fourth-order valence-corrected chi connectivity index (χ4v) is 2.95. The van der Waals surface area contributed by atoms with E-state index in [0.29, 0.717) is 5.56 Å². The van der Waals surface area contributed by atoms with Crippen molar-refractivity contribution >= 4 is 22.9 Å². The average Bonchev–Trinajstić information content (AvgIpc) is 2.75. The number of amides is 1. The molecule has 0 fully saturated rings. The van der Waals surface area contributed by atoms with E-state index in [4.69, 9.17) is 0 Å². The van der Waals surface area contributed by atoms with E-state index in [-0.39, 0.29) is 12.1 Å². The van der Waals surface area contributed by atoms with Crippen molar-refractivity contribution in [2.45, 2.75) is 13.1 Å². The predicted molar refractivity (Wildman–Crippen MR) is 69.3 cm³/mol. The number of carbonyl (C=O) groups is 1. The number of fused-ring (bicyclic) bond motifs is 1. The number of benzene rings is 1. The van der Waals surface area contributed by atoms with Gasteiger partial charge in [-0.25, -0.2) is 0 Å². The Morgan fingerprint density at radius 1 is 1.18 bits per heavy atom. The fourth-order valence-electron chi connectivity index (χ4n) is 2.02. The third-order valence-electron chi connectivity index (χ3n) is 2.91. The van der Waals surface area contributed by atoms with Gasteiger partial charge in [0, 0.05) is 10.6 Å². The zero-order chi connectivity index (χ0) is 11.8. The van der Waals surface area contributed by atoms with Crippen molar-refractivity contribution in [1.29, 1.82) is 0 Å². The lowest BCUT2D eigenvalue weighted by Gasteiger charge is -2.27. The lowest BCUT2D eigenvalue weighted by Crippen LogP contribution is -2.38. The van der Waals surface area contributed by atoms with Crippen LogP contribution >= 0.6 is 11.3 Å². The summed E-state index contributed by atoms with van der Waals surface area (Å²) < 4.78 is 0. The number of carbonyl (C=O) groups excluding carboxylic acids is 1. The Balaban J connectivity index is 1.99. The molecule has 1 aliphatic rings. The van der Waals surface area contributed by atoms with E-state index in [1.165, 1.54) is 5.56 Å². The molecule has 2 heterocycles. The van der Waals surface area contributed by atoms with Crippen molar-refractivity contribution in [3.63, 3.8) is 0 Å². The Hall–Kier alpha value is -1.81. The van der Waals surface area contributed by atoms with Crippen LogP contribution in [-0.2, 0) is 0 Å². The highest BCUT2D eigenvalue weighted by Gasteiger charge is 2.25. The van der Waals surface area contributed by atoms with Gasteiger partial charge in [-0.05, 0) is 36.1 Å². The maximum Gasteiger partial charge on any atom is 0.255 e. The van der Waals surface area contributed by atoms with Gasteiger partial charge in [0.25, 0.3) is 5.91 Å². The second-order valence-electron chi connectivity index (χ2n) is 4.06. The summed E-state index contributed by atoms with van der Waals surface area (Å²) >= 11 is 1.66. The van der Waals surface area contributed by atoms with E-state index in [2.05, 4.69) is 23.6 Å². The molecule has 0 bridgehead atoms. The Morgan fingerprint density at radius 3 is 2.76 bits per heavy atom. The molecule has 17 heavy (non-hydrogen) atoms. The molecule has 1 aromatic carbocycles. The molecule has 1 atom stereocenters. The molecule has 0 radical (unpaired) electrons. The van der Waals surface area contributed by atoms with Gasteiger partial charge in [-0.1, -0.05) is 12.1 Å². The molecule has 1 aromatic heterocycles.